The maximum absolute atomic E-state index is 13.7. The number of hydrogen-bond donors (Lipinski definition) is 4. The van der Waals surface area contributed by atoms with Crippen molar-refractivity contribution in [2.45, 2.75) is 16.5 Å². The molecule has 0 heterocycles. The number of aliphatic carboxylic acids is 2. The molecule has 0 radical (unpaired) electrons. The third-order valence-corrected chi connectivity index (χ3v) is 6.13. The molecular weight excluding hydrogens is 361 g/mol. The van der Waals surface area contributed by atoms with E-state index in [1.165, 1.54) is 6.07 Å². The molecule has 1 aromatic rings. The number of benzene rings is 1. The summed E-state index contributed by atoms with van der Waals surface area (Å²) >= 11 is 1.07. The minimum absolute atomic E-state index is 0. The van der Waals surface area contributed by atoms with Crippen LogP contribution in [0.2, 0.25) is 0 Å². The molecule has 2 fully saturated rings. The summed E-state index contributed by atoms with van der Waals surface area (Å²) in [7, 11) is 0. The lowest BCUT2D eigenvalue weighted by Crippen LogP contribution is -2.58. The smallest absolute Gasteiger partial charge is 0.324 e. The van der Waals surface area contributed by atoms with E-state index in [1.807, 2.05) is 0 Å². The molecule has 2 aliphatic rings. The molecule has 1 aromatic carbocycles. The van der Waals surface area contributed by atoms with Gasteiger partial charge in [-0.25, -0.2) is 4.39 Å². The molecule has 3 rings (SSSR count). The average molecular weight is 378 g/mol. The Kier molecular flexibility index (Phi) is 5.15. The van der Waals surface area contributed by atoms with Gasteiger partial charge in [0.05, 0.1) is 12.0 Å². The molecule has 0 saturated heterocycles. The van der Waals surface area contributed by atoms with E-state index in [0.717, 1.165) is 11.8 Å². The van der Waals surface area contributed by atoms with Gasteiger partial charge in [0.25, 0.3) is 0 Å². The fourth-order valence-corrected chi connectivity index (χ4v) is 4.98. The predicted molar refractivity (Wildman–Crippen MR) is 86.5 cm³/mol. The zero-order valence-corrected chi connectivity index (χ0v) is 14.0. The van der Waals surface area contributed by atoms with Crippen LogP contribution in [0.1, 0.15) is 0 Å². The Morgan fingerprint density at radius 3 is 2.46 bits per heavy atom. The van der Waals surface area contributed by atoms with Crippen LogP contribution in [0.25, 0.3) is 0 Å². The SMILES string of the molecule is Cl.N[C@]1(C(=O)O)[C@@H]2[C@@H](C(=O)O)[C@@H]2[C@H](O)[C@H]1CSc1ccccc1F. The highest BCUT2D eigenvalue weighted by atomic mass is 35.5. The van der Waals surface area contributed by atoms with Gasteiger partial charge in [0.15, 0.2) is 0 Å². The van der Waals surface area contributed by atoms with E-state index in [9.17, 15) is 24.2 Å². The zero-order chi connectivity index (χ0) is 16.9. The molecular formula is C15H17ClFNO5S. The van der Waals surface area contributed by atoms with Gasteiger partial charge in [0.1, 0.15) is 11.4 Å². The van der Waals surface area contributed by atoms with Gasteiger partial charge in [-0.2, -0.15) is 0 Å². The van der Waals surface area contributed by atoms with E-state index < -0.39 is 53.1 Å². The van der Waals surface area contributed by atoms with Crippen LogP contribution < -0.4 is 5.73 Å². The number of carboxylic acid groups (broad SMARTS) is 2. The number of halogens is 2. The lowest BCUT2D eigenvalue weighted by atomic mass is 9.81. The molecule has 24 heavy (non-hydrogen) atoms. The molecule has 2 aliphatic carbocycles. The Morgan fingerprint density at radius 1 is 1.29 bits per heavy atom. The summed E-state index contributed by atoms with van der Waals surface area (Å²) in [5.74, 6) is -6.02. The van der Waals surface area contributed by atoms with Crippen LogP contribution >= 0.6 is 24.2 Å². The molecule has 2 saturated carbocycles. The van der Waals surface area contributed by atoms with E-state index >= 15 is 0 Å². The monoisotopic (exact) mass is 377 g/mol. The average Bonchev–Trinajstić information content (AvgIpc) is 3.19. The largest absolute Gasteiger partial charge is 0.481 e. The highest BCUT2D eigenvalue weighted by molar-refractivity contribution is 7.99. The second kappa shape index (κ2) is 6.51. The molecule has 0 spiro atoms. The second-order valence-electron chi connectivity index (χ2n) is 6.04. The summed E-state index contributed by atoms with van der Waals surface area (Å²) in [6.07, 6.45) is -1.12. The third kappa shape index (κ3) is 2.67. The van der Waals surface area contributed by atoms with Gasteiger partial charge in [0.2, 0.25) is 0 Å². The quantitative estimate of drug-likeness (QED) is 0.566. The van der Waals surface area contributed by atoms with Crippen molar-refractivity contribution in [3.05, 3.63) is 30.1 Å². The first-order valence-electron chi connectivity index (χ1n) is 7.10. The Morgan fingerprint density at radius 2 is 1.92 bits per heavy atom. The van der Waals surface area contributed by atoms with Gasteiger partial charge < -0.3 is 21.1 Å². The number of carbonyl (C=O) groups is 2. The number of thioether (sulfide) groups is 1. The third-order valence-electron chi connectivity index (χ3n) is 4.96. The number of rotatable bonds is 5. The lowest BCUT2D eigenvalue weighted by molar-refractivity contribution is -0.148. The van der Waals surface area contributed by atoms with Crippen LogP contribution in [-0.2, 0) is 9.59 Å². The van der Waals surface area contributed by atoms with Crippen molar-refractivity contribution in [2.75, 3.05) is 5.75 Å². The molecule has 0 unspecified atom stereocenters. The van der Waals surface area contributed by atoms with Crippen LogP contribution in [0.15, 0.2) is 29.2 Å². The molecule has 0 aromatic heterocycles. The summed E-state index contributed by atoms with van der Waals surface area (Å²) in [5, 5.41) is 28.9. The summed E-state index contributed by atoms with van der Waals surface area (Å²) < 4.78 is 13.7. The van der Waals surface area contributed by atoms with Crippen LogP contribution in [-0.4, -0.2) is 44.7 Å². The number of fused-ring (bicyclic) bond motifs is 1. The van der Waals surface area contributed by atoms with Crippen molar-refractivity contribution in [1.82, 2.24) is 0 Å². The van der Waals surface area contributed by atoms with Gasteiger partial charge in [-0.15, -0.1) is 24.2 Å². The fourth-order valence-electron chi connectivity index (χ4n) is 3.77. The summed E-state index contributed by atoms with van der Waals surface area (Å²) in [6, 6.07) is 6.04. The van der Waals surface area contributed by atoms with Crippen LogP contribution in [0, 0.1) is 29.5 Å². The number of aliphatic hydroxyl groups is 1. The highest BCUT2D eigenvalue weighted by Gasteiger charge is 2.77. The van der Waals surface area contributed by atoms with Crippen molar-refractivity contribution in [3.63, 3.8) is 0 Å². The lowest BCUT2D eigenvalue weighted by Gasteiger charge is -2.32. The fraction of sp³-hybridized carbons (Fsp3) is 0.467. The maximum atomic E-state index is 13.7. The highest BCUT2D eigenvalue weighted by Crippen LogP contribution is 2.64. The predicted octanol–water partition coefficient (Wildman–Crippen LogP) is 1.06. The van der Waals surface area contributed by atoms with E-state index in [4.69, 9.17) is 10.8 Å². The Hall–Kier alpha value is -1.35. The molecule has 6 atom stereocenters. The van der Waals surface area contributed by atoms with Gasteiger partial charge in [-0.3, -0.25) is 9.59 Å². The number of nitrogens with two attached hydrogens (primary N) is 1. The van der Waals surface area contributed by atoms with E-state index in [-0.39, 0.29) is 18.2 Å². The minimum Gasteiger partial charge on any atom is -0.481 e. The van der Waals surface area contributed by atoms with Crippen molar-refractivity contribution < 1.29 is 29.3 Å². The second-order valence-corrected chi connectivity index (χ2v) is 7.11. The molecule has 0 bridgehead atoms. The van der Waals surface area contributed by atoms with Gasteiger partial charge in [-0.05, 0) is 12.1 Å². The number of carboxylic acids is 2. The standard InChI is InChI=1S/C15H16FNO5S.ClH/c16-7-3-1-2-4-8(7)23-5-6-12(18)9-10(13(19)20)11(9)15(6,17)14(21)22;/h1-4,6,9-12,18H,5,17H2,(H,19,20)(H,21,22);1H/t6-,9+,10+,11+,12-,15+;/m1./s1. The van der Waals surface area contributed by atoms with Crippen molar-refractivity contribution in [2.24, 2.45) is 29.4 Å². The van der Waals surface area contributed by atoms with E-state index in [0.29, 0.717) is 4.90 Å². The Bertz CT molecular complexity index is 677. The van der Waals surface area contributed by atoms with Gasteiger partial charge in [-0.1, -0.05) is 12.1 Å². The Labute approximate surface area is 147 Å². The van der Waals surface area contributed by atoms with Crippen LogP contribution in [0.4, 0.5) is 4.39 Å². The summed E-state index contributed by atoms with van der Waals surface area (Å²) in [4.78, 5) is 23.1. The van der Waals surface area contributed by atoms with Crippen molar-refractivity contribution >= 4 is 36.1 Å². The molecule has 6 nitrogen and oxygen atoms in total. The summed E-state index contributed by atoms with van der Waals surface area (Å²) in [6.45, 7) is 0. The molecule has 132 valence electrons. The van der Waals surface area contributed by atoms with Gasteiger partial charge in [0, 0.05) is 28.4 Å². The summed E-state index contributed by atoms with van der Waals surface area (Å²) in [5.41, 5.74) is 4.21. The van der Waals surface area contributed by atoms with Crippen LogP contribution in [0.3, 0.4) is 0 Å². The number of aliphatic hydroxyl groups excluding tert-OH is 1. The molecule has 5 N–H and O–H groups in total. The van der Waals surface area contributed by atoms with Crippen molar-refractivity contribution in [1.29, 1.82) is 0 Å². The zero-order valence-electron chi connectivity index (χ0n) is 12.3. The topological polar surface area (TPSA) is 121 Å². The first-order chi connectivity index (χ1) is 10.8. The molecule has 0 aliphatic heterocycles. The molecule has 9 heteroatoms. The first kappa shape index (κ1) is 19.0. The van der Waals surface area contributed by atoms with Crippen molar-refractivity contribution in [3.8, 4) is 0 Å². The first-order valence-corrected chi connectivity index (χ1v) is 8.09. The van der Waals surface area contributed by atoms with E-state index in [2.05, 4.69) is 0 Å². The minimum atomic E-state index is -1.81. The normalized spacial score (nSPS) is 36.5. The number of hydrogen-bond acceptors (Lipinski definition) is 5. The Balaban J connectivity index is 0.00000208. The maximum Gasteiger partial charge on any atom is 0.324 e. The van der Waals surface area contributed by atoms with Crippen LogP contribution in [0.5, 0.6) is 0 Å². The molecule has 0 amide bonds. The van der Waals surface area contributed by atoms with Gasteiger partial charge >= 0.3 is 11.9 Å². The van der Waals surface area contributed by atoms with E-state index in [1.54, 1.807) is 18.2 Å².